The van der Waals surface area contributed by atoms with Crippen molar-refractivity contribution in [1.29, 1.82) is 0 Å². The second kappa shape index (κ2) is 10.9. The lowest BCUT2D eigenvalue weighted by Gasteiger charge is -2.24. The van der Waals surface area contributed by atoms with Crippen LogP contribution in [0.1, 0.15) is 12.8 Å². The summed E-state index contributed by atoms with van der Waals surface area (Å²) >= 11 is 0. The van der Waals surface area contributed by atoms with Crippen LogP contribution in [-0.4, -0.2) is 68.1 Å². The largest absolute Gasteiger partial charge is 0.464 e. The van der Waals surface area contributed by atoms with Gasteiger partial charge < -0.3 is 36.5 Å². The molecule has 0 bridgehead atoms. The Balaban J connectivity index is 4.83. The first kappa shape index (κ1) is 20.2. The Labute approximate surface area is 127 Å². The van der Waals surface area contributed by atoms with Crippen LogP contribution in [0.5, 0.6) is 0 Å². The van der Waals surface area contributed by atoms with E-state index in [4.69, 9.17) is 17.2 Å². The number of aliphatic hydroxyl groups is 1. The molecule has 0 aromatic carbocycles. The minimum atomic E-state index is -2.40. The third kappa shape index (κ3) is 7.88. The van der Waals surface area contributed by atoms with Crippen molar-refractivity contribution in [3.63, 3.8) is 0 Å². The topological polar surface area (TPSA) is 177 Å². The molecule has 22 heavy (non-hydrogen) atoms. The second-order valence-corrected chi connectivity index (χ2v) is 4.33. The van der Waals surface area contributed by atoms with E-state index in [9.17, 15) is 19.5 Å². The van der Waals surface area contributed by atoms with E-state index >= 15 is 0 Å². The van der Waals surface area contributed by atoms with Crippen molar-refractivity contribution in [1.82, 2.24) is 0 Å². The van der Waals surface area contributed by atoms with E-state index in [2.05, 4.69) is 14.2 Å². The maximum atomic E-state index is 11.8. The smallest absolute Gasteiger partial charge is 0.339 e. The molecule has 0 heterocycles. The highest BCUT2D eigenvalue weighted by Crippen LogP contribution is 2.19. The van der Waals surface area contributed by atoms with Crippen molar-refractivity contribution in [2.45, 2.75) is 18.4 Å². The summed E-state index contributed by atoms with van der Waals surface area (Å²) in [6.07, 6.45) is -1.54. The molecule has 0 fully saturated rings. The van der Waals surface area contributed by atoms with Gasteiger partial charge >= 0.3 is 17.9 Å². The van der Waals surface area contributed by atoms with Crippen molar-refractivity contribution in [2.24, 2.45) is 17.2 Å². The summed E-state index contributed by atoms with van der Waals surface area (Å²) < 4.78 is 14.0. The van der Waals surface area contributed by atoms with Crippen molar-refractivity contribution < 1.29 is 33.7 Å². The average molecular weight is 321 g/mol. The van der Waals surface area contributed by atoms with Gasteiger partial charge in [-0.3, -0.25) is 9.59 Å². The van der Waals surface area contributed by atoms with E-state index < -0.39 is 36.4 Å². The van der Waals surface area contributed by atoms with Gasteiger partial charge in [-0.15, -0.1) is 0 Å². The molecule has 128 valence electrons. The number of ether oxygens (including phenoxy) is 3. The molecule has 0 aliphatic rings. The predicted octanol–water partition coefficient (Wildman–Crippen LogP) is -3.00. The minimum absolute atomic E-state index is 0.0249. The molecule has 7 N–H and O–H groups in total. The van der Waals surface area contributed by atoms with E-state index in [0.29, 0.717) is 0 Å². The molecular weight excluding hydrogens is 298 g/mol. The number of carbonyl (C=O) groups excluding carboxylic acids is 3. The number of hydrogen-bond donors (Lipinski definition) is 4. The van der Waals surface area contributed by atoms with Gasteiger partial charge in [-0.25, -0.2) is 4.79 Å². The van der Waals surface area contributed by atoms with E-state index in [1.54, 1.807) is 0 Å². The Morgan fingerprint density at radius 1 is 0.773 bits per heavy atom. The van der Waals surface area contributed by atoms with Gasteiger partial charge in [0.05, 0.1) is 12.8 Å². The lowest BCUT2D eigenvalue weighted by atomic mass is 9.95. The molecular formula is C12H23N3O7. The summed E-state index contributed by atoms with van der Waals surface area (Å²) in [4.78, 5) is 34.9. The SMILES string of the molecule is NCCOC(=O)CC(O)(CC(=O)OCCN)C(=O)OCCN. The number of nitrogens with two attached hydrogens (primary N) is 3. The number of carbonyl (C=O) groups is 3. The summed E-state index contributed by atoms with van der Waals surface area (Å²) in [5.41, 5.74) is 13.1. The third-order valence-corrected chi connectivity index (χ3v) is 2.37. The Morgan fingerprint density at radius 2 is 1.14 bits per heavy atom. The number of esters is 3. The molecule has 0 saturated carbocycles. The first-order chi connectivity index (χ1) is 10.4. The van der Waals surface area contributed by atoms with E-state index in [-0.39, 0.29) is 39.5 Å². The Kier molecular flexibility index (Phi) is 10.0. The highest BCUT2D eigenvalue weighted by atomic mass is 16.6. The van der Waals surface area contributed by atoms with Gasteiger partial charge in [0.2, 0.25) is 0 Å². The number of rotatable bonds is 11. The van der Waals surface area contributed by atoms with Gasteiger partial charge in [-0.05, 0) is 0 Å². The predicted molar refractivity (Wildman–Crippen MR) is 74.2 cm³/mol. The van der Waals surface area contributed by atoms with Crippen molar-refractivity contribution in [3.8, 4) is 0 Å². The Hall–Kier alpha value is -1.75. The van der Waals surface area contributed by atoms with Crippen molar-refractivity contribution in [2.75, 3.05) is 39.5 Å². The molecule has 0 radical (unpaired) electrons. The van der Waals surface area contributed by atoms with Crippen LogP contribution >= 0.6 is 0 Å². The number of hydrogen-bond acceptors (Lipinski definition) is 10. The fourth-order valence-corrected chi connectivity index (χ4v) is 1.42. The van der Waals surface area contributed by atoms with Crippen LogP contribution in [0.15, 0.2) is 0 Å². The molecule has 0 rings (SSSR count). The second-order valence-electron chi connectivity index (χ2n) is 4.33. The van der Waals surface area contributed by atoms with Crippen LogP contribution < -0.4 is 17.2 Å². The zero-order chi connectivity index (χ0) is 17.0. The van der Waals surface area contributed by atoms with Crippen LogP contribution in [0.4, 0.5) is 0 Å². The average Bonchev–Trinajstić information content (AvgIpc) is 2.48. The van der Waals surface area contributed by atoms with Crippen LogP contribution in [0, 0.1) is 0 Å². The summed E-state index contributed by atoms with van der Waals surface area (Å²) in [6, 6.07) is 0. The van der Waals surface area contributed by atoms with Gasteiger partial charge in [-0.1, -0.05) is 0 Å². The zero-order valence-electron chi connectivity index (χ0n) is 12.3. The van der Waals surface area contributed by atoms with E-state index in [1.165, 1.54) is 0 Å². The maximum Gasteiger partial charge on any atom is 0.339 e. The highest BCUT2D eigenvalue weighted by molar-refractivity contribution is 5.90. The minimum Gasteiger partial charge on any atom is -0.464 e. The zero-order valence-corrected chi connectivity index (χ0v) is 12.3. The van der Waals surface area contributed by atoms with Crippen molar-refractivity contribution >= 4 is 17.9 Å². The summed E-state index contributed by atoms with van der Waals surface area (Å²) in [5.74, 6) is -2.96. The molecule has 0 aliphatic heterocycles. The first-order valence-electron chi connectivity index (χ1n) is 6.70. The molecule has 10 heteroatoms. The van der Waals surface area contributed by atoms with Gasteiger partial charge in [-0.2, -0.15) is 0 Å². The molecule has 0 aliphatic carbocycles. The summed E-state index contributed by atoms with van der Waals surface area (Å²) in [6.45, 7) is -0.136. The lowest BCUT2D eigenvalue weighted by Crippen LogP contribution is -2.45. The molecule has 10 nitrogen and oxygen atoms in total. The molecule has 0 unspecified atom stereocenters. The normalized spacial score (nSPS) is 10.9. The van der Waals surface area contributed by atoms with Gasteiger partial charge in [0.1, 0.15) is 19.8 Å². The van der Waals surface area contributed by atoms with Gasteiger partial charge in [0, 0.05) is 19.6 Å². The highest BCUT2D eigenvalue weighted by Gasteiger charge is 2.43. The Bertz CT molecular complexity index is 354. The fraction of sp³-hybridized carbons (Fsp3) is 0.750. The monoisotopic (exact) mass is 321 g/mol. The standard InChI is InChI=1S/C12H23N3O7/c13-1-4-20-9(16)7-12(19,11(18)22-6-3-15)8-10(17)21-5-2-14/h19H,1-8,13-15H2. The van der Waals surface area contributed by atoms with Gasteiger partial charge in [0.15, 0.2) is 5.60 Å². The Morgan fingerprint density at radius 3 is 1.50 bits per heavy atom. The van der Waals surface area contributed by atoms with Crippen LogP contribution in [0.3, 0.4) is 0 Å². The quantitative estimate of drug-likeness (QED) is 0.226. The van der Waals surface area contributed by atoms with Crippen molar-refractivity contribution in [3.05, 3.63) is 0 Å². The first-order valence-corrected chi connectivity index (χ1v) is 6.70. The molecule has 0 spiro atoms. The molecule has 0 atom stereocenters. The van der Waals surface area contributed by atoms with Crippen LogP contribution in [0.2, 0.25) is 0 Å². The third-order valence-electron chi connectivity index (χ3n) is 2.37. The maximum absolute atomic E-state index is 11.8. The van der Waals surface area contributed by atoms with Gasteiger partial charge in [0.25, 0.3) is 0 Å². The van der Waals surface area contributed by atoms with E-state index in [0.717, 1.165) is 0 Å². The van der Waals surface area contributed by atoms with E-state index in [1.807, 2.05) is 0 Å². The summed E-state index contributed by atoms with van der Waals surface area (Å²) in [7, 11) is 0. The van der Waals surface area contributed by atoms with Crippen LogP contribution in [0.25, 0.3) is 0 Å². The molecule has 0 aromatic rings. The lowest BCUT2D eigenvalue weighted by molar-refractivity contribution is -0.177. The van der Waals surface area contributed by atoms with Crippen LogP contribution in [-0.2, 0) is 28.6 Å². The molecule has 0 saturated heterocycles. The molecule has 0 amide bonds. The molecule has 0 aromatic heterocycles. The fourth-order valence-electron chi connectivity index (χ4n) is 1.42. The summed E-state index contributed by atoms with van der Waals surface area (Å²) in [5, 5.41) is 10.3.